The van der Waals surface area contributed by atoms with Crippen molar-refractivity contribution < 1.29 is 14.6 Å². The van der Waals surface area contributed by atoms with Gasteiger partial charge in [0.2, 0.25) is 0 Å². The lowest BCUT2D eigenvalue weighted by Gasteiger charge is -2.31. The molecule has 0 unspecified atom stereocenters. The number of hydrogen-bond donors (Lipinski definition) is 2. The van der Waals surface area contributed by atoms with E-state index in [-0.39, 0.29) is 24.1 Å². The molecule has 0 radical (unpaired) electrons. The van der Waals surface area contributed by atoms with Crippen molar-refractivity contribution in [1.82, 2.24) is 20.0 Å². The molecule has 1 amide bonds. The number of rotatable bonds is 7. The summed E-state index contributed by atoms with van der Waals surface area (Å²) in [7, 11) is 0. The van der Waals surface area contributed by atoms with Gasteiger partial charge in [-0.3, -0.25) is 14.4 Å². The molecule has 1 saturated heterocycles. The van der Waals surface area contributed by atoms with Crippen molar-refractivity contribution >= 4 is 5.91 Å². The van der Waals surface area contributed by atoms with Crippen LogP contribution in [0.25, 0.3) is 0 Å². The number of aromatic nitrogens is 2. The molecule has 2 aliphatic rings. The smallest absolute Gasteiger partial charge is 0.272 e. The summed E-state index contributed by atoms with van der Waals surface area (Å²) in [6, 6.07) is 11.0. The van der Waals surface area contributed by atoms with Crippen LogP contribution in [0.3, 0.4) is 0 Å². The molecule has 7 heteroatoms. The van der Waals surface area contributed by atoms with Gasteiger partial charge in [0, 0.05) is 19.2 Å². The van der Waals surface area contributed by atoms with Crippen molar-refractivity contribution in [2.75, 3.05) is 13.1 Å². The first-order chi connectivity index (χ1) is 14.2. The molecule has 2 aromatic rings. The maximum absolute atomic E-state index is 12.8. The largest absolute Gasteiger partial charge is 0.488 e. The minimum Gasteiger partial charge on any atom is -0.488 e. The highest BCUT2D eigenvalue weighted by Gasteiger charge is 2.48. The van der Waals surface area contributed by atoms with Crippen molar-refractivity contribution in [3.63, 3.8) is 0 Å². The second-order valence-electron chi connectivity index (χ2n) is 7.97. The van der Waals surface area contributed by atoms with Crippen molar-refractivity contribution in [2.24, 2.45) is 0 Å². The van der Waals surface area contributed by atoms with Gasteiger partial charge in [0.1, 0.15) is 23.7 Å². The third-order valence-corrected chi connectivity index (χ3v) is 5.86. The molecule has 4 rings (SSSR count). The molecule has 1 aromatic heterocycles. The summed E-state index contributed by atoms with van der Waals surface area (Å²) in [5.41, 5.74) is 0.417. The average Bonchev–Trinajstić information content (AvgIpc) is 3.45. The zero-order chi connectivity index (χ0) is 20.2. The van der Waals surface area contributed by atoms with E-state index in [1.54, 1.807) is 10.7 Å². The number of benzene rings is 1. The molecule has 7 nitrogen and oxygen atoms in total. The number of para-hydroxylation sites is 1. The van der Waals surface area contributed by atoms with Crippen molar-refractivity contribution in [3.05, 3.63) is 48.3 Å². The van der Waals surface area contributed by atoms with Crippen LogP contribution in [0.4, 0.5) is 0 Å². The lowest BCUT2D eigenvalue weighted by atomic mass is 10.1. The zero-order valence-corrected chi connectivity index (χ0v) is 16.9. The monoisotopic (exact) mass is 398 g/mol. The van der Waals surface area contributed by atoms with Gasteiger partial charge >= 0.3 is 0 Å². The van der Waals surface area contributed by atoms with Gasteiger partial charge in [-0.05, 0) is 50.6 Å². The van der Waals surface area contributed by atoms with Gasteiger partial charge in [-0.25, -0.2) is 0 Å². The fraction of sp³-hybridized carbons (Fsp3) is 0.545. The Bertz CT molecular complexity index is 803. The molecule has 2 fully saturated rings. The Morgan fingerprint density at radius 1 is 1.24 bits per heavy atom. The van der Waals surface area contributed by atoms with Crippen molar-refractivity contribution in [1.29, 1.82) is 0 Å². The lowest BCUT2D eigenvalue weighted by molar-refractivity contribution is 0.0139. The van der Waals surface area contributed by atoms with Gasteiger partial charge < -0.3 is 15.2 Å². The van der Waals surface area contributed by atoms with E-state index in [0.29, 0.717) is 12.1 Å². The number of carbonyl (C=O) groups is 1. The minimum atomic E-state index is -0.656. The summed E-state index contributed by atoms with van der Waals surface area (Å²) in [6.07, 6.45) is 4.60. The first-order valence-corrected chi connectivity index (χ1v) is 10.6. The Morgan fingerprint density at radius 3 is 2.72 bits per heavy atom. The Kier molecular flexibility index (Phi) is 6.16. The van der Waals surface area contributed by atoms with Crippen LogP contribution < -0.4 is 10.1 Å². The number of ether oxygens (including phenoxy) is 1. The highest BCUT2D eigenvalue weighted by molar-refractivity contribution is 5.92. The van der Waals surface area contributed by atoms with Gasteiger partial charge in [0.05, 0.1) is 12.1 Å². The third kappa shape index (κ3) is 4.46. The topological polar surface area (TPSA) is 79.6 Å². The van der Waals surface area contributed by atoms with E-state index in [1.807, 2.05) is 36.5 Å². The molecule has 1 aromatic carbocycles. The molecule has 2 heterocycles. The second kappa shape index (κ2) is 8.97. The molecule has 1 saturated carbocycles. The van der Waals surface area contributed by atoms with E-state index in [9.17, 15) is 9.90 Å². The number of aryl methyl sites for hydroxylation is 1. The van der Waals surface area contributed by atoms with Crippen LogP contribution in [0.5, 0.6) is 5.75 Å². The van der Waals surface area contributed by atoms with Crippen LogP contribution in [0.15, 0.2) is 42.6 Å². The number of carbonyl (C=O) groups excluding carboxylic acids is 1. The van der Waals surface area contributed by atoms with E-state index < -0.39 is 6.10 Å². The molecule has 29 heavy (non-hydrogen) atoms. The molecule has 0 bridgehead atoms. The number of likely N-dealkylation sites (tertiary alicyclic amines) is 1. The maximum Gasteiger partial charge on any atom is 0.272 e. The van der Waals surface area contributed by atoms with E-state index in [0.717, 1.165) is 44.6 Å². The quantitative estimate of drug-likeness (QED) is 0.746. The summed E-state index contributed by atoms with van der Waals surface area (Å²) in [5.74, 6) is 0.545. The number of aliphatic hydroxyl groups excluding tert-OH is 1. The van der Waals surface area contributed by atoms with E-state index >= 15 is 0 Å². The normalized spacial score (nSPS) is 27.2. The number of hydrogen-bond acceptors (Lipinski definition) is 5. The summed E-state index contributed by atoms with van der Waals surface area (Å²) < 4.78 is 7.87. The van der Waals surface area contributed by atoms with Gasteiger partial charge in [0.25, 0.3) is 5.91 Å². The van der Waals surface area contributed by atoms with Crippen LogP contribution in [0, 0.1) is 0 Å². The van der Waals surface area contributed by atoms with Crippen LogP contribution >= 0.6 is 0 Å². The average molecular weight is 399 g/mol. The van der Waals surface area contributed by atoms with E-state index in [4.69, 9.17) is 4.74 Å². The number of nitrogens with zero attached hydrogens (tertiary/aromatic N) is 3. The van der Waals surface area contributed by atoms with E-state index in [2.05, 4.69) is 22.2 Å². The molecule has 156 valence electrons. The van der Waals surface area contributed by atoms with Crippen LogP contribution in [-0.2, 0) is 6.54 Å². The Hall–Kier alpha value is -2.38. The molecule has 1 aliphatic carbocycles. The highest BCUT2D eigenvalue weighted by atomic mass is 16.5. The van der Waals surface area contributed by atoms with Gasteiger partial charge in [-0.1, -0.05) is 25.1 Å². The van der Waals surface area contributed by atoms with E-state index in [1.165, 1.54) is 0 Å². The standard InChI is InChI=1S/C22H30N4O3/c1-2-11-26-14-10-17(24-26)22(28)23-18-15-19(29-16-8-4-3-5-9-16)21(27)20(18)25-12-6-7-13-25/h3-5,8-10,14,18-21,27H,2,6-7,11-13,15H2,1H3,(H,23,28)/t18-,19-,20+,21+/m1/s1. The summed E-state index contributed by atoms with van der Waals surface area (Å²) in [4.78, 5) is 15.1. The summed E-state index contributed by atoms with van der Waals surface area (Å²) >= 11 is 0. The number of aliphatic hydroxyl groups is 1. The van der Waals surface area contributed by atoms with Crippen LogP contribution in [-0.4, -0.2) is 63.1 Å². The summed E-state index contributed by atoms with van der Waals surface area (Å²) in [6.45, 7) is 4.75. The van der Waals surface area contributed by atoms with Crippen LogP contribution in [0.1, 0.15) is 43.1 Å². The molecule has 2 N–H and O–H groups in total. The zero-order valence-electron chi connectivity index (χ0n) is 16.9. The molecular weight excluding hydrogens is 368 g/mol. The predicted molar refractivity (Wildman–Crippen MR) is 110 cm³/mol. The molecule has 4 atom stereocenters. The SMILES string of the molecule is CCCn1ccc(C(=O)N[C@@H]2C[C@@H](Oc3ccccc3)[C@H](O)[C@H]2N2CCCC2)n1. The maximum atomic E-state index is 12.8. The second-order valence-corrected chi connectivity index (χ2v) is 7.97. The summed E-state index contributed by atoms with van der Waals surface area (Å²) in [5, 5.41) is 18.6. The Balaban J connectivity index is 1.48. The van der Waals surface area contributed by atoms with Gasteiger partial charge in [-0.2, -0.15) is 5.10 Å². The van der Waals surface area contributed by atoms with Crippen LogP contribution in [0.2, 0.25) is 0 Å². The molecule has 0 spiro atoms. The molecule has 1 aliphatic heterocycles. The first-order valence-electron chi connectivity index (χ1n) is 10.6. The number of amides is 1. The first kappa shape index (κ1) is 19.9. The predicted octanol–water partition coefficient (Wildman–Crippen LogP) is 2.07. The van der Waals surface area contributed by atoms with Crippen molar-refractivity contribution in [2.45, 2.75) is 63.4 Å². The Labute approximate surface area is 171 Å². The minimum absolute atomic E-state index is 0.145. The highest BCUT2D eigenvalue weighted by Crippen LogP contribution is 2.31. The number of nitrogens with one attached hydrogen (secondary N) is 1. The fourth-order valence-corrected chi connectivity index (χ4v) is 4.51. The fourth-order valence-electron chi connectivity index (χ4n) is 4.51. The third-order valence-electron chi connectivity index (χ3n) is 5.86. The lowest BCUT2D eigenvalue weighted by Crippen LogP contribution is -2.52. The molecular formula is C22H30N4O3. The van der Waals surface area contributed by atoms with Gasteiger partial charge in [0.15, 0.2) is 0 Å². The van der Waals surface area contributed by atoms with Gasteiger partial charge in [-0.15, -0.1) is 0 Å². The Morgan fingerprint density at radius 2 is 2.00 bits per heavy atom. The van der Waals surface area contributed by atoms with Crippen molar-refractivity contribution in [3.8, 4) is 5.75 Å².